The first-order chi connectivity index (χ1) is 12.3. The van der Waals surface area contributed by atoms with Gasteiger partial charge in [-0.1, -0.05) is 12.1 Å². The second kappa shape index (κ2) is 7.62. The zero-order valence-corrected chi connectivity index (χ0v) is 15.3. The van der Waals surface area contributed by atoms with Gasteiger partial charge >= 0.3 is 0 Å². The van der Waals surface area contributed by atoms with Gasteiger partial charge in [0, 0.05) is 35.2 Å². The number of carbonyl (C=O) groups excluding carboxylic acids is 1. The summed E-state index contributed by atoms with van der Waals surface area (Å²) >= 11 is 3.93. The van der Waals surface area contributed by atoms with Crippen molar-refractivity contribution in [3.05, 3.63) is 53.6 Å². The van der Waals surface area contributed by atoms with Crippen molar-refractivity contribution in [3.8, 4) is 11.5 Å². The molecule has 1 saturated heterocycles. The number of ether oxygens (including phenoxy) is 2. The molecule has 0 saturated carbocycles. The molecule has 0 atom stereocenters. The molecule has 0 radical (unpaired) electrons. The predicted octanol–water partition coefficient (Wildman–Crippen LogP) is 4.58. The van der Waals surface area contributed by atoms with Crippen molar-refractivity contribution in [1.29, 1.82) is 0 Å². The molecule has 0 aromatic heterocycles. The fraction of sp³-hybridized carbons (Fsp3) is 0.316. The molecule has 0 unspecified atom stereocenters. The second-order valence-corrected chi connectivity index (χ2v) is 8.59. The maximum Gasteiger partial charge on any atom is 0.255 e. The van der Waals surface area contributed by atoms with Crippen LogP contribution in [0.4, 0.5) is 5.69 Å². The lowest BCUT2D eigenvalue weighted by Crippen LogP contribution is -2.12. The van der Waals surface area contributed by atoms with Crippen molar-refractivity contribution >= 4 is 35.1 Å². The molecule has 1 N–H and O–H groups in total. The summed E-state index contributed by atoms with van der Waals surface area (Å²) in [5.74, 6) is 3.68. The summed E-state index contributed by atoms with van der Waals surface area (Å²) in [5, 5.41) is 2.93. The predicted molar refractivity (Wildman–Crippen MR) is 104 cm³/mol. The smallest absolute Gasteiger partial charge is 0.255 e. The van der Waals surface area contributed by atoms with Crippen LogP contribution in [0.1, 0.15) is 26.9 Å². The molecule has 130 valence electrons. The van der Waals surface area contributed by atoms with Gasteiger partial charge in [-0.15, -0.1) is 23.5 Å². The maximum atomic E-state index is 12.5. The molecule has 0 bridgehead atoms. The number of anilines is 1. The summed E-state index contributed by atoms with van der Waals surface area (Å²) in [6.07, 6.45) is 0.861. The van der Waals surface area contributed by atoms with Crippen LogP contribution in [0.5, 0.6) is 11.5 Å². The lowest BCUT2D eigenvalue weighted by atomic mass is 10.1. The number of amides is 1. The van der Waals surface area contributed by atoms with E-state index in [9.17, 15) is 4.79 Å². The second-order valence-electron chi connectivity index (χ2n) is 5.86. The Bertz CT molecular complexity index is 758. The SMILES string of the molecule is O=C(Nc1ccc2c(c1)OCCCO2)c1ccc(C2SCCS2)cc1. The Labute approximate surface area is 155 Å². The molecular weight excluding hydrogens is 354 g/mol. The monoisotopic (exact) mass is 373 g/mol. The molecule has 2 aromatic carbocycles. The fourth-order valence-electron chi connectivity index (χ4n) is 2.79. The van der Waals surface area contributed by atoms with Gasteiger partial charge in [-0.25, -0.2) is 0 Å². The standard InChI is InChI=1S/C19H19NO3S2/c21-18(13-2-4-14(5-3-13)19-24-10-11-25-19)20-15-6-7-16-17(12-15)23-9-1-8-22-16/h2-7,12,19H,1,8-11H2,(H,20,21). The number of benzene rings is 2. The average Bonchev–Trinajstić information content (AvgIpc) is 3.08. The molecule has 4 rings (SSSR count). The number of fused-ring (bicyclic) bond motifs is 1. The first-order valence-corrected chi connectivity index (χ1v) is 10.4. The van der Waals surface area contributed by atoms with Crippen molar-refractivity contribution in [2.75, 3.05) is 30.0 Å². The highest BCUT2D eigenvalue weighted by Crippen LogP contribution is 2.45. The van der Waals surface area contributed by atoms with Crippen LogP contribution >= 0.6 is 23.5 Å². The Morgan fingerprint density at radius 3 is 2.44 bits per heavy atom. The van der Waals surface area contributed by atoms with Crippen molar-refractivity contribution in [3.63, 3.8) is 0 Å². The molecule has 2 heterocycles. The van der Waals surface area contributed by atoms with E-state index in [0.29, 0.717) is 34.8 Å². The minimum absolute atomic E-state index is 0.118. The lowest BCUT2D eigenvalue weighted by molar-refractivity contribution is 0.102. The highest BCUT2D eigenvalue weighted by atomic mass is 32.2. The molecule has 2 aliphatic heterocycles. The molecule has 2 aromatic rings. The van der Waals surface area contributed by atoms with E-state index < -0.39 is 0 Å². The molecule has 0 spiro atoms. The molecular formula is C19H19NO3S2. The minimum atomic E-state index is -0.118. The Morgan fingerprint density at radius 1 is 0.960 bits per heavy atom. The molecule has 1 amide bonds. The molecule has 25 heavy (non-hydrogen) atoms. The summed E-state index contributed by atoms with van der Waals surface area (Å²) < 4.78 is 11.8. The van der Waals surface area contributed by atoms with Gasteiger partial charge in [-0.05, 0) is 29.8 Å². The van der Waals surface area contributed by atoms with Crippen LogP contribution in [-0.4, -0.2) is 30.6 Å². The quantitative estimate of drug-likeness (QED) is 0.853. The third-order valence-corrected chi connectivity index (χ3v) is 7.18. The van der Waals surface area contributed by atoms with Gasteiger partial charge in [-0.2, -0.15) is 0 Å². The van der Waals surface area contributed by atoms with Crippen LogP contribution in [0.2, 0.25) is 0 Å². The number of thioether (sulfide) groups is 2. The number of hydrogen-bond donors (Lipinski definition) is 1. The first-order valence-electron chi connectivity index (χ1n) is 8.34. The summed E-state index contributed by atoms with van der Waals surface area (Å²) in [6, 6.07) is 13.4. The highest BCUT2D eigenvalue weighted by molar-refractivity contribution is 8.19. The Morgan fingerprint density at radius 2 is 1.68 bits per heavy atom. The van der Waals surface area contributed by atoms with Gasteiger partial charge in [0.25, 0.3) is 5.91 Å². The van der Waals surface area contributed by atoms with E-state index in [-0.39, 0.29) is 5.91 Å². The maximum absolute atomic E-state index is 12.5. The highest BCUT2D eigenvalue weighted by Gasteiger charge is 2.18. The first kappa shape index (κ1) is 16.7. The number of rotatable bonds is 3. The van der Waals surface area contributed by atoms with E-state index in [1.807, 2.05) is 53.9 Å². The van der Waals surface area contributed by atoms with E-state index in [2.05, 4.69) is 17.4 Å². The Balaban J connectivity index is 1.45. The average molecular weight is 373 g/mol. The van der Waals surface area contributed by atoms with Crippen LogP contribution in [-0.2, 0) is 0 Å². The van der Waals surface area contributed by atoms with Crippen molar-refractivity contribution in [2.24, 2.45) is 0 Å². The zero-order valence-electron chi connectivity index (χ0n) is 13.7. The van der Waals surface area contributed by atoms with Crippen LogP contribution in [0.15, 0.2) is 42.5 Å². The van der Waals surface area contributed by atoms with E-state index in [1.54, 1.807) is 0 Å². The Kier molecular flexibility index (Phi) is 5.08. The summed E-state index contributed by atoms with van der Waals surface area (Å²) in [4.78, 5) is 12.5. The molecule has 6 heteroatoms. The molecule has 2 aliphatic rings. The summed E-state index contributed by atoms with van der Waals surface area (Å²) in [7, 11) is 0. The van der Waals surface area contributed by atoms with Crippen LogP contribution < -0.4 is 14.8 Å². The summed E-state index contributed by atoms with van der Waals surface area (Å²) in [6.45, 7) is 1.28. The van der Waals surface area contributed by atoms with E-state index in [1.165, 1.54) is 17.1 Å². The van der Waals surface area contributed by atoms with Crippen LogP contribution in [0.25, 0.3) is 0 Å². The van der Waals surface area contributed by atoms with E-state index in [0.717, 1.165) is 12.2 Å². The van der Waals surface area contributed by atoms with Gasteiger partial charge in [0.15, 0.2) is 11.5 Å². The summed E-state index contributed by atoms with van der Waals surface area (Å²) in [5.41, 5.74) is 2.64. The molecule has 1 fully saturated rings. The van der Waals surface area contributed by atoms with Gasteiger partial charge in [-0.3, -0.25) is 4.79 Å². The van der Waals surface area contributed by atoms with E-state index in [4.69, 9.17) is 9.47 Å². The van der Waals surface area contributed by atoms with Crippen molar-refractivity contribution < 1.29 is 14.3 Å². The third-order valence-electron chi connectivity index (χ3n) is 4.07. The van der Waals surface area contributed by atoms with Gasteiger partial charge in [0.05, 0.1) is 17.8 Å². The Hall–Kier alpha value is -1.79. The van der Waals surface area contributed by atoms with Crippen molar-refractivity contribution in [1.82, 2.24) is 0 Å². The minimum Gasteiger partial charge on any atom is -0.490 e. The number of hydrogen-bond acceptors (Lipinski definition) is 5. The number of carbonyl (C=O) groups is 1. The van der Waals surface area contributed by atoms with E-state index >= 15 is 0 Å². The largest absolute Gasteiger partial charge is 0.490 e. The zero-order chi connectivity index (χ0) is 17.1. The van der Waals surface area contributed by atoms with Gasteiger partial charge in [0.1, 0.15) is 0 Å². The molecule has 0 aliphatic carbocycles. The van der Waals surface area contributed by atoms with Crippen LogP contribution in [0.3, 0.4) is 0 Å². The van der Waals surface area contributed by atoms with Crippen LogP contribution in [0, 0.1) is 0 Å². The fourth-order valence-corrected chi connectivity index (χ4v) is 5.65. The normalized spacial score (nSPS) is 17.1. The number of nitrogens with one attached hydrogen (secondary N) is 1. The molecule has 4 nitrogen and oxygen atoms in total. The van der Waals surface area contributed by atoms with Gasteiger partial charge in [0.2, 0.25) is 0 Å². The van der Waals surface area contributed by atoms with Crippen molar-refractivity contribution in [2.45, 2.75) is 11.0 Å². The topological polar surface area (TPSA) is 47.6 Å². The van der Waals surface area contributed by atoms with Gasteiger partial charge < -0.3 is 14.8 Å². The third kappa shape index (κ3) is 3.90. The lowest BCUT2D eigenvalue weighted by Gasteiger charge is -2.11.